The molecule has 1 aliphatic carbocycles. The molecule has 0 bridgehead atoms. The Balaban J connectivity index is 1.38. The van der Waals surface area contributed by atoms with E-state index in [1.165, 1.54) is 33.7 Å². The maximum atomic E-state index is 11.3. The highest BCUT2D eigenvalue weighted by molar-refractivity contribution is 5.90. The fourth-order valence-electron chi connectivity index (χ4n) is 5.01. The van der Waals surface area contributed by atoms with Crippen molar-refractivity contribution in [2.75, 3.05) is 6.54 Å². The first-order valence-corrected chi connectivity index (χ1v) is 11.7. The van der Waals surface area contributed by atoms with E-state index in [0.717, 1.165) is 49.4 Å². The molecule has 2 aromatic heterocycles. The van der Waals surface area contributed by atoms with E-state index in [1.807, 2.05) is 19.2 Å². The number of nitrogens with one attached hydrogen (secondary N) is 3. The van der Waals surface area contributed by atoms with Crippen LogP contribution in [0.4, 0.5) is 0 Å². The Morgan fingerprint density at radius 2 is 2.12 bits per heavy atom. The van der Waals surface area contributed by atoms with Gasteiger partial charge in [0, 0.05) is 48.5 Å². The largest absolute Gasteiger partial charge is 0.361 e. The Hall–Kier alpha value is -3.68. The molecule has 0 radical (unpaired) electrons. The van der Waals surface area contributed by atoms with Crippen LogP contribution in [0.5, 0.6) is 0 Å². The van der Waals surface area contributed by atoms with Crippen molar-refractivity contribution in [1.82, 2.24) is 25.3 Å². The molecule has 7 heteroatoms. The second kappa shape index (κ2) is 9.67. The number of fused-ring (bicyclic) bond motifs is 2. The number of aryl methyl sites for hydroxylation is 2. The van der Waals surface area contributed by atoms with Crippen molar-refractivity contribution >= 4 is 22.9 Å². The number of aromatic amines is 2. The molecule has 2 heterocycles. The molecular weight excluding hydrogens is 426 g/mol. The van der Waals surface area contributed by atoms with E-state index in [0.29, 0.717) is 6.04 Å². The van der Waals surface area contributed by atoms with Gasteiger partial charge in [-0.05, 0) is 60.6 Å². The van der Waals surface area contributed by atoms with Gasteiger partial charge in [-0.15, -0.1) is 0 Å². The Morgan fingerprint density at radius 1 is 1.24 bits per heavy atom. The molecule has 34 heavy (non-hydrogen) atoms. The van der Waals surface area contributed by atoms with Gasteiger partial charge in [-0.3, -0.25) is 14.9 Å². The summed E-state index contributed by atoms with van der Waals surface area (Å²) in [5.41, 5.74) is 8.80. The van der Waals surface area contributed by atoms with Crippen LogP contribution in [0.1, 0.15) is 46.2 Å². The average Bonchev–Trinajstić information content (AvgIpc) is 3.58. The van der Waals surface area contributed by atoms with E-state index in [2.05, 4.69) is 62.4 Å². The van der Waals surface area contributed by atoms with E-state index in [-0.39, 0.29) is 0 Å². The number of carbonyl (C=O) groups excluding carboxylic acids is 1. The fourth-order valence-corrected chi connectivity index (χ4v) is 5.01. The maximum Gasteiger partial charge on any atom is 0.267 e. The number of hydrogen-bond acceptors (Lipinski definition) is 4. The number of aromatic nitrogens is 3. The number of carbonyl (C=O) groups is 1. The number of hydroxylamine groups is 1. The van der Waals surface area contributed by atoms with Crippen molar-refractivity contribution in [3.63, 3.8) is 0 Å². The average molecular weight is 456 g/mol. The highest BCUT2D eigenvalue weighted by atomic mass is 16.5. The molecule has 0 saturated carbocycles. The normalized spacial score (nSPS) is 15.4. The zero-order valence-corrected chi connectivity index (χ0v) is 19.2. The highest BCUT2D eigenvalue weighted by Gasteiger charge is 2.28. The molecule has 7 nitrogen and oxygen atoms in total. The summed E-state index contributed by atoms with van der Waals surface area (Å²) in [5.74, 6) is 0.401. The number of H-pyrrole nitrogens is 2. The molecule has 0 aliphatic heterocycles. The molecular formula is C27H29N5O2. The van der Waals surface area contributed by atoms with E-state index in [1.54, 1.807) is 11.6 Å². The van der Waals surface area contributed by atoms with Crippen molar-refractivity contribution < 1.29 is 10.0 Å². The van der Waals surface area contributed by atoms with Crippen LogP contribution >= 0.6 is 0 Å². The molecule has 4 aromatic rings. The van der Waals surface area contributed by atoms with Gasteiger partial charge in [0.05, 0.1) is 5.69 Å². The van der Waals surface area contributed by atoms with Gasteiger partial charge in [0.15, 0.2) is 0 Å². The Bertz CT molecular complexity index is 1340. The minimum absolute atomic E-state index is 0.316. The molecule has 0 fully saturated rings. The number of imidazole rings is 1. The Kier molecular flexibility index (Phi) is 6.29. The zero-order chi connectivity index (χ0) is 23.5. The lowest BCUT2D eigenvalue weighted by Gasteiger charge is -2.29. The SMILES string of the molecule is Cc1nc(CN(CCc2c[nH]c3ccccc23)C2CCc3cc(/C=C/C(=O)NO)ccc32)c[nH]1. The monoisotopic (exact) mass is 455 g/mol. The molecule has 4 N–H and O–H groups in total. The van der Waals surface area contributed by atoms with Crippen molar-refractivity contribution in [2.45, 2.75) is 38.8 Å². The first-order chi connectivity index (χ1) is 16.6. The Labute approximate surface area is 198 Å². The number of para-hydroxylation sites is 1. The summed E-state index contributed by atoms with van der Waals surface area (Å²) in [4.78, 5) is 25.1. The van der Waals surface area contributed by atoms with Gasteiger partial charge in [-0.2, -0.15) is 0 Å². The molecule has 5 rings (SSSR count). The molecule has 1 unspecified atom stereocenters. The molecule has 2 aromatic carbocycles. The number of benzene rings is 2. The lowest BCUT2D eigenvalue weighted by atomic mass is 10.0. The summed E-state index contributed by atoms with van der Waals surface area (Å²) in [6.45, 7) is 3.70. The van der Waals surface area contributed by atoms with Crippen LogP contribution in [-0.4, -0.2) is 37.5 Å². The standard InChI is InChI=1S/C27H29N5O2/c1-18-28-16-22(30-18)17-32(13-12-21-15-29-25-5-3-2-4-23(21)25)26-10-8-20-14-19(6-9-24(20)26)7-11-27(33)31-34/h2-7,9,11,14-16,26,29,34H,8,10,12-13,17H2,1H3,(H,28,30)(H,31,33)/b11-7+. The third kappa shape index (κ3) is 4.66. The second-order valence-corrected chi connectivity index (χ2v) is 8.88. The highest BCUT2D eigenvalue weighted by Crippen LogP contribution is 2.37. The molecule has 1 amide bonds. The van der Waals surface area contributed by atoms with Gasteiger partial charge in [-0.25, -0.2) is 10.5 Å². The van der Waals surface area contributed by atoms with Crippen LogP contribution in [0.25, 0.3) is 17.0 Å². The van der Waals surface area contributed by atoms with Crippen LogP contribution in [0, 0.1) is 6.92 Å². The van der Waals surface area contributed by atoms with E-state index in [4.69, 9.17) is 5.21 Å². The van der Waals surface area contributed by atoms with E-state index < -0.39 is 5.91 Å². The molecule has 174 valence electrons. The summed E-state index contributed by atoms with van der Waals surface area (Å²) in [7, 11) is 0. The summed E-state index contributed by atoms with van der Waals surface area (Å²) in [6.07, 6.45) is 10.2. The quantitative estimate of drug-likeness (QED) is 0.179. The van der Waals surface area contributed by atoms with Crippen LogP contribution in [0.15, 0.2) is 60.9 Å². The summed E-state index contributed by atoms with van der Waals surface area (Å²) in [5, 5.41) is 9.98. The zero-order valence-electron chi connectivity index (χ0n) is 19.2. The van der Waals surface area contributed by atoms with Crippen LogP contribution in [-0.2, 0) is 24.2 Å². The maximum absolute atomic E-state index is 11.3. The molecule has 1 atom stereocenters. The lowest BCUT2D eigenvalue weighted by molar-refractivity contribution is -0.124. The smallest absolute Gasteiger partial charge is 0.267 e. The third-order valence-corrected chi connectivity index (χ3v) is 6.66. The van der Waals surface area contributed by atoms with Gasteiger partial charge in [0.25, 0.3) is 5.91 Å². The van der Waals surface area contributed by atoms with Gasteiger partial charge in [-0.1, -0.05) is 36.4 Å². The molecule has 0 spiro atoms. The van der Waals surface area contributed by atoms with Gasteiger partial charge < -0.3 is 9.97 Å². The predicted octanol–water partition coefficient (Wildman–Crippen LogP) is 4.45. The lowest BCUT2D eigenvalue weighted by Crippen LogP contribution is -2.29. The predicted molar refractivity (Wildman–Crippen MR) is 132 cm³/mol. The topological polar surface area (TPSA) is 97.0 Å². The summed E-state index contributed by atoms with van der Waals surface area (Å²) in [6, 6.07) is 15.1. The van der Waals surface area contributed by atoms with Crippen LogP contribution < -0.4 is 5.48 Å². The third-order valence-electron chi connectivity index (χ3n) is 6.66. The van der Waals surface area contributed by atoms with E-state index in [9.17, 15) is 4.79 Å². The minimum Gasteiger partial charge on any atom is -0.361 e. The van der Waals surface area contributed by atoms with Crippen LogP contribution in [0.3, 0.4) is 0 Å². The van der Waals surface area contributed by atoms with Gasteiger partial charge in [0.1, 0.15) is 5.82 Å². The fraction of sp³-hybridized carbons (Fsp3) is 0.259. The first kappa shape index (κ1) is 22.1. The van der Waals surface area contributed by atoms with Gasteiger partial charge in [0.2, 0.25) is 0 Å². The number of hydrogen-bond donors (Lipinski definition) is 4. The van der Waals surface area contributed by atoms with Crippen molar-refractivity contribution in [3.05, 3.63) is 94.7 Å². The summed E-state index contributed by atoms with van der Waals surface area (Å²) < 4.78 is 0. The van der Waals surface area contributed by atoms with Gasteiger partial charge >= 0.3 is 0 Å². The number of amides is 1. The van der Waals surface area contributed by atoms with Crippen LogP contribution in [0.2, 0.25) is 0 Å². The Morgan fingerprint density at radius 3 is 2.94 bits per heavy atom. The van der Waals surface area contributed by atoms with E-state index >= 15 is 0 Å². The van der Waals surface area contributed by atoms with Crippen molar-refractivity contribution in [1.29, 1.82) is 0 Å². The number of nitrogens with zero attached hydrogens (tertiary/aromatic N) is 2. The minimum atomic E-state index is -0.531. The van der Waals surface area contributed by atoms with Crippen molar-refractivity contribution in [2.24, 2.45) is 0 Å². The molecule has 0 saturated heterocycles. The summed E-state index contributed by atoms with van der Waals surface area (Å²) >= 11 is 0. The van der Waals surface area contributed by atoms with Crippen molar-refractivity contribution in [3.8, 4) is 0 Å². The second-order valence-electron chi connectivity index (χ2n) is 8.88. The first-order valence-electron chi connectivity index (χ1n) is 11.7. The number of rotatable bonds is 8. The molecule has 1 aliphatic rings.